The third-order valence-electron chi connectivity index (χ3n) is 5.51. The van der Waals surface area contributed by atoms with E-state index in [0.29, 0.717) is 11.5 Å². The normalized spacial score (nSPS) is 15.3. The van der Waals surface area contributed by atoms with Crippen LogP contribution in [-0.2, 0) is 10.3 Å². The van der Waals surface area contributed by atoms with Crippen LogP contribution in [0.3, 0.4) is 0 Å². The van der Waals surface area contributed by atoms with Crippen LogP contribution in [0.4, 0.5) is 5.69 Å². The van der Waals surface area contributed by atoms with Gasteiger partial charge in [0.1, 0.15) is 16.5 Å². The average molecular weight is 462 g/mol. The Kier molecular flexibility index (Phi) is 7.27. The number of nitro benzene ring substituents is 1. The second kappa shape index (κ2) is 9.74. The summed E-state index contributed by atoms with van der Waals surface area (Å²) in [6.45, 7) is 1.50. The number of hydrogen-bond acceptors (Lipinski definition) is 7. The van der Waals surface area contributed by atoms with Gasteiger partial charge in [-0.1, -0.05) is 0 Å². The number of ether oxygens (including phenoxy) is 2. The fourth-order valence-corrected chi connectivity index (χ4v) is 4.82. The zero-order valence-electron chi connectivity index (χ0n) is 17.3. The van der Waals surface area contributed by atoms with E-state index in [-0.39, 0.29) is 23.6 Å². The largest absolute Gasteiger partial charge is 0.457 e. The third kappa shape index (κ3) is 4.88. The third-order valence-corrected chi connectivity index (χ3v) is 6.55. The zero-order chi connectivity index (χ0) is 21.1. The minimum atomic E-state index is -0.429. The summed E-state index contributed by atoms with van der Waals surface area (Å²) < 4.78 is 11.4. The van der Waals surface area contributed by atoms with E-state index >= 15 is 0 Å². The maximum Gasteiger partial charge on any atom is 0.269 e. The van der Waals surface area contributed by atoms with Gasteiger partial charge in [0.25, 0.3) is 5.69 Å². The molecule has 2 heterocycles. The Balaban J connectivity index is 0.00000272. The van der Waals surface area contributed by atoms with E-state index in [2.05, 4.69) is 24.4 Å². The fraction of sp³-hybridized carbons (Fsp3) is 0.318. The monoisotopic (exact) mass is 461 g/mol. The molecule has 0 aliphatic carbocycles. The molecule has 0 atom stereocenters. The highest BCUT2D eigenvalue weighted by Gasteiger charge is 2.39. The molecule has 1 saturated heterocycles. The lowest BCUT2D eigenvalue weighted by Gasteiger charge is -2.41. The molecule has 0 unspecified atom stereocenters. The molecule has 0 radical (unpaired) electrons. The van der Waals surface area contributed by atoms with Gasteiger partial charge < -0.3 is 9.47 Å². The molecule has 0 N–H and O–H groups in total. The number of hydrogen-bond donors (Lipinski definition) is 0. The number of rotatable bonds is 6. The molecule has 9 heteroatoms. The van der Waals surface area contributed by atoms with Gasteiger partial charge in [-0.05, 0) is 63.3 Å². The van der Waals surface area contributed by atoms with Gasteiger partial charge in [-0.3, -0.25) is 15.0 Å². The highest BCUT2D eigenvalue weighted by Crippen LogP contribution is 2.39. The molecule has 0 saturated carbocycles. The van der Waals surface area contributed by atoms with Crippen molar-refractivity contribution in [1.29, 1.82) is 0 Å². The van der Waals surface area contributed by atoms with E-state index in [9.17, 15) is 10.1 Å². The van der Waals surface area contributed by atoms with Crippen LogP contribution < -0.4 is 4.74 Å². The van der Waals surface area contributed by atoms with Crippen molar-refractivity contribution in [1.82, 2.24) is 9.88 Å². The minimum Gasteiger partial charge on any atom is -0.457 e. The van der Waals surface area contributed by atoms with E-state index in [0.717, 1.165) is 42.3 Å². The summed E-state index contributed by atoms with van der Waals surface area (Å²) in [6, 6.07) is 13.8. The van der Waals surface area contributed by atoms with Crippen molar-refractivity contribution in [2.24, 2.45) is 0 Å². The predicted molar refractivity (Wildman–Crippen MR) is 123 cm³/mol. The van der Waals surface area contributed by atoms with Gasteiger partial charge in [-0.2, -0.15) is 0 Å². The molecule has 2 aromatic carbocycles. The summed E-state index contributed by atoms with van der Waals surface area (Å²) in [6.07, 6.45) is 1.88. The maximum absolute atomic E-state index is 10.8. The number of thiazole rings is 1. The van der Waals surface area contributed by atoms with Gasteiger partial charge in [0.15, 0.2) is 0 Å². The molecule has 1 fully saturated rings. The maximum atomic E-state index is 10.8. The highest BCUT2D eigenvalue weighted by atomic mass is 35.5. The molecule has 0 bridgehead atoms. The number of nitrogens with zero attached hydrogens (tertiary/aromatic N) is 3. The second-order valence-corrected chi connectivity index (χ2v) is 8.31. The quantitative estimate of drug-likeness (QED) is 0.356. The van der Waals surface area contributed by atoms with Gasteiger partial charge in [0, 0.05) is 36.3 Å². The number of non-ortho nitro benzene ring substituents is 1. The molecule has 164 valence electrons. The summed E-state index contributed by atoms with van der Waals surface area (Å²) in [5.41, 5.74) is 1.94. The Labute approximate surface area is 191 Å². The van der Waals surface area contributed by atoms with E-state index in [1.54, 1.807) is 23.5 Å². The SMILES string of the molecule is CN(C)C1(c2nc(-c3ccc(Oc4ccc([N+](=O)[O-])cc4)cc3)cs2)CCOCC1.Cl. The molecule has 0 spiro atoms. The zero-order valence-corrected chi connectivity index (χ0v) is 18.9. The first-order chi connectivity index (χ1) is 14.5. The summed E-state index contributed by atoms with van der Waals surface area (Å²) in [7, 11) is 4.22. The number of nitro groups is 1. The molecule has 3 aromatic rings. The second-order valence-electron chi connectivity index (χ2n) is 7.45. The van der Waals surface area contributed by atoms with Crippen LogP contribution in [0.5, 0.6) is 11.5 Å². The Morgan fingerprint density at radius 2 is 1.65 bits per heavy atom. The first-order valence-electron chi connectivity index (χ1n) is 9.72. The van der Waals surface area contributed by atoms with Gasteiger partial charge in [0.05, 0.1) is 16.2 Å². The summed E-state index contributed by atoms with van der Waals surface area (Å²) in [5, 5.41) is 14.0. The van der Waals surface area contributed by atoms with Crippen molar-refractivity contribution in [3.05, 3.63) is 69.0 Å². The molecular weight excluding hydrogens is 438 g/mol. The van der Waals surface area contributed by atoms with Crippen LogP contribution in [0.15, 0.2) is 53.9 Å². The molecule has 1 aliphatic heterocycles. The van der Waals surface area contributed by atoms with Crippen molar-refractivity contribution in [3.8, 4) is 22.8 Å². The van der Waals surface area contributed by atoms with Crippen molar-refractivity contribution in [2.45, 2.75) is 18.4 Å². The molecule has 1 aromatic heterocycles. The number of benzene rings is 2. The van der Waals surface area contributed by atoms with Crippen molar-refractivity contribution < 1.29 is 14.4 Å². The van der Waals surface area contributed by atoms with Crippen LogP contribution in [0.2, 0.25) is 0 Å². The number of halogens is 1. The average Bonchev–Trinajstić information content (AvgIpc) is 3.26. The Hall–Kier alpha value is -2.52. The minimum absolute atomic E-state index is 0. The van der Waals surface area contributed by atoms with E-state index in [4.69, 9.17) is 14.5 Å². The lowest BCUT2D eigenvalue weighted by Crippen LogP contribution is -2.45. The molecule has 4 rings (SSSR count). The van der Waals surface area contributed by atoms with E-state index in [1.807, 2.05) is 24.3 Å². The van der Waals surface area contributed by atoms with Crippen LogP contribution in [-0.4, -0.2) is 42.1 Å². The number of aromatic nitrogens is 1. The molecule has 7 nitrogen and oxygen atoms in total. The molecule has 0 amide bonds. The van der Waals surface area contributed by atoms with Crippen molar-refractivity contribution in [2.75, 3.05) is 27.3 Å². The van der Waals surface area contributed by atoms with Crippen molar-refractivity contribution in [3.63, 3.8) is 0 Å². The predicted octanol–water partition coefficient (Wildman–Crippen LogP) is 5.50. The van der Waals surface area contributed by atoms with Gasteiger partial charge in [0.2, 0.25) is 0 Å². The lowest BCUT2D eigenvalue weighted by molar-refractivity contribution is -0.384. The van der Waals surface area contributed by atoms with Crippen LogP contribution >= 0.6 is 23.7 Å². The molecule has 31 heavy (non-hydrogen) atoms. The Morgan fingerprint density at radius 3 is 2.19 bits per heavy atom. The van der Waals surface area contributed by atoms with Crippen molar-refractivity contribution >= 4 is 29.4 Å². The molecule has 1 aliphatic rings. The Bertz CT molecular complexity index is 1020. The fourth-order valence-electron chi connectivity index (χ4n) is 3.65. The van der Waals surface area contributed by atoms with Crippen LogP contribution in [0.25, 0.3) is 11.3 Å². The van der Waals surface area contributed by atoms with Crippen LogP contribution in [0, 0.1) is 10.1 Å². The van der Waals surface area contributed by atoms with E-state index in [1.165, 1.54) is 12.1 Å². The van der Waals surface area contributed by atoms with Gasteiger partial charge >= 0.3 is 0 Å². The van der Waals surface area contributed by atoms with Gasteiger partial charge in [-0.15, -0.1) is 23.7 Å². The molecular formula is C22H24ClN3O4S. The highest BCUT2D eigenvalue weighted by molar-refractivity contribution is 7.10. The summed E-state index contributed by atoms with van der Waals surface area (Å²) in [4.78, 5) is 17.5. The Morgan fingerprint density at radius 1 is 1.06 bits per heavy atom. The summed E-state index contributed by atoms with van der Waals surface area (Å²) >= 11 is 1.69. The summed E-state index contributed by atoms with van der Waals surface area (Å²) in [5.74, 6) is 1.22. The standard InChI is InChI=1S/C22H23N3O4S.ClH/c1-24(2)22(11-13-28-14-12-22)21-23-20(15-30-21)16-3-7-18(8-4-16)29-19-9-5-17(6-10-19)25(26)27;/h3-10,15H,11-14H2,1-2H3;1H. The van der Waals surface area contributed by atoms with E-state index < -0.39 is 4.92 Å². The lowest BCUT2D eigenvalue weighted by atomic mass is 9.89. The topological polar surface area (TPSA) is 77.7 Å². The van der Waals surface area contributed by atoms with Crippen LogP contribution in [0.1, 0.15) is 17.8 Å². The van der Waals surface area contributed by atoms with Gasteiger partial charge in [-0.25, -0.2) is 4.98 Å². The smallest absolute Gasteiger partial charge is 0.269 e. The first-order valence-corrected chi connectivity index (χ1v) is 10.6. The first kappa shape index (κ1) is 23.1.